The van der Waals surface area contributed by atoms with Crippen LogP contribution in [0.3, 0.4) is 0 Å². The van der Waals surface area contributed by atoms with Gasteiger partial charge in [-0.2, -0.15) is 0 Å². The van der Waals surface area contributed by atoms with Crippen molar-refractivity contribution >= 4 is 25.6 Å². The molecule has 12 atom stereocenters. The summed E-state index contributed by atoms with van der Waals surface area (Å²) in [5, 5.41) is 69.8. The van der Waals surface area contributed by atoms with E-state index in [9.17, 15) is 59.4 Å². The molecule has 0 saturated carbocycles. The number of aliphatic hydroxyl groups is 6. The van der Waals surface area contributed by atoms with Crippen LogP contribution in [0.15, 0.2) is 0 Å². The van der Waals surface area contributed by atoms with Crippen LogP contribution in [0.1, 0.15) is 226 Å². The summed E-state index contributed by atoms with van der Waals surface area (Å²) in [6, 6.07) is -2.99. The Morgan fingerprint density at radius 1 is 0.560 bits per heavy atom. The number of phosphoric acid groups is 1. The van der Waals surface area contributed by atoms with Crippen LogP contribution in [0.25, 0.3) is 0 Å². The number of carbonyl (C=O) groups is 3. The molecule has 2 aliphatic rings. The van der Waals surface area contributed by atoms with Crippen molar-refractivity contribution in [3.05, 3.63) is 0 Å². The summed E-state index contributed by atoms with van der Waals surface area (Å²) in [7, 11) is -5.32. The second-order valence-corrected chi connectivity index (χ2v) is 22.1. The molecule has 0 aliphatic carbocycles. The van der Waals surface area contributed by atoms with Gasteiger partial charge in [0.25, 0.3) is 0 Å². The van der Waals surface area contributed by atoms with E-state index in [4.69, 9.17) is 28.2 Å². The van der Waals surface area contributed by atoms with Gasteiger partial charge in [0.05, 0.1) is 45.4 Å². The largest absolute Gasteiger partial charge is 0.470 e. The van der Waals surface area contributed by atoms with E-state index < -0.39 is 119 Å². The van der Waals surface area contributed by atoms with Gasteiger partial charge in [0.2, 0.25) is 11.8 Å². The topological polar surface area (TPSA) is 310 Å². The molecule has 2 heterocycles. The summed E-state index contributed by atoms with van der Waals surface area (Å²) in [5.41, 5.74) is 0. The summed E-state index contributed by atoms with van der Waals surface area (Å²) in [5.74, 6) is -1.81. The fourth-order valence-corrected chi connectivity index (χ4v) is 10.4. The van der Waals surface area contributed by atoms with Crippen molar-refractivity contribution < 1.29 is 87.6 Å². The van der Waals surface area contributed by atoms with Crippen LogP contribution in [0, 0.1) is 0 Å². The Hall–Kier alpha value is -1.88. The van der Waals surface area contributed by atoms with Gasteiger partial charge < -0.3 is 74.7 Å². The molecule has 20 nitrogen and oxygen atoms in total. The predicted octanol–water partition coefficient (Wildman–Crippen LogP) is 6.80. The van der Waals surface area contributed by atoms with Gasteiger partial charge >= 0.3 is 13.8 Å². The predicted molar refractivity (Wildman–Crippen MR) is 283 cm³/mol. The van der Waals surface area contributed by atoms with Crippen LogP contribution in [0.4, 0.5) is 0 Å². The Bertz CT molecular complexity index is 1510. The molecule has 442 valence electrons. The van der Waals surface area contributed by atoms with Gasteiger partial charge in [-0.1, -0.05) is 181 Å². The molecule has 75 heavy (non-hydrogen) atoms. The van der Waals surface area contributed by atoms with Gasteiger partial charge in [-0.25, -0.2) is 4.57 Å². The molecule has 0 bridgehead atoms. The molecule has 2 rings (SSSR count). The van der Waals surface area contributed by atoms with Crippen molar-refractivity contribution in [2.24, 2.45) is 0 Å². The first-order valence-corrected chi connectivity index (χ1v) is 30.6. The van der Waals surface area contributed by atoms with Gasteiger partial charge in [-0.15, -0.1) is 0 Å². The second kappa shape index (κ2) is 42.1. The zero-order chi connectivity index (χ0) is 55.3. The minimum Gasteiger partial charge on any atom is -0.462 e. The highest BCUT2D eigenvalue weighted by Gasteiger charge is 2.51. The van der Waals surface area contributed by atoms with E-state index in [2.05, 4.69) is 31.4 Å². The molecule has 0 aromatic rings. The lowest BCUT2D eigenvalue weighted by molar-refractivity contribution is -0.303. The van der Waals surface area contributed by atoms with E-state index in [1.165, 1.54) is 83.5 Å². The van der Waals surface area contributed by atoms with Gasteiger partial charge in [0.15, 0.2) is 12.6 Å². The molecular weight excluding hydrogens is 996 g/mol. The quantitative estimate of drug-likeness (QED) is 0.0170. The SMILES string of the molecule is CCCCCCCCCCCC(=O)O[C@H](CCCCCCCCCCC)CC(=O)NC1C(OCC2OC(OCCO)C(NC(=O)C[C@H](O)CCCCCCCCCCC)C(O)C2O)OC(CO)C(OP(=O)(O)O)C1O. The fourth-order valence-electron chi connectivity index (χ4n) is 9.79. The standard InChI is InChI=1S/C54H103N2O18P/c1-4-7-10-13-16-19-22-25-28-31-40(59)36-44(60)55-47-50(64)49(63)43(73-53(47)69-35-34-57)39-70-54-48(51(65)52(42(38-58)72-54)74-75(66,67)68)56-45(61)37-41(32-29-26-23-20-17-14-11-8-5-2)71-46(62)33-30-27-24-21-18-15-12-9-6-3/h40-43,47-54,57-59,63-65H,4-39H2,1-3H3,(H,55,60)(H,56,61)(H2,66,67,68)/t40-,41-,42?,43?,47?,48?,49?,50?,51?,52?,53?,54?/m1/s1. The van der Waals surface area contributed by atoms with E-state index in [1.54, 1.807) is 0 Å². The van der Waals surface area contributed by atoms with Crippen LogP contribution in [0.5, 0.6) is 0 Å². The lowest BCUT2D eigenvalue weighted by Gasteiger charge is -2.45. The molecule has 2 saturated heterocycles. The highest BCUT2D eigenvalue weighted by Crippen LogP contribution is 2.41. The van der Waals surface area contributed by atoms with Crippen molar-refractivity contribution in [2.45, 2.75) is 300 Å². The lowest BCUT2D eigenvalue weighted by atomic mass is 9.95. The fraction of sp³-hybridized carbons (Fsp3) is 0.944. The maximum atomic E-state index is 13.9. The van der Waals surface area contributed by atoms with E-state index in [0.29, 0.717) is 25.7 Å². The van der Waals surface area contributed by atoms with Crippen LogP contribution < -0.4 is 10.6 Å². The first-order chi connectivity index (χ1) is 36.1. The maximum absolute atomic E-state index is 13.9. The zero-order valence-electron chi connectivity index (χ0n) is 46.0. The van der Waals surface area contributed by atoms with Crippen LogP contribution in [-0.4, -0.2) is 158 Å². The summed E-state index contributed by atoms with van der Waals surface area (Å²) < 4.78 is 46.2. The van der Waals surface area contributed by atoms with Crippen molar-refractivity contribution in [2.75, 3.05) is 26.4 Å². The van der Waals surface area contributed by atoms with Crippen LogP contribution >= 0.6 is 7.82 Å². The number of ether oxygens (including phenoxy) is 5. The van der Waals surface area contributed by atoms with Gasteiger partial charge in [0.1, 0.15) is 54.8 Å². The number of esters is 1. The number of phosphoric ester groups is 1. The minimum atomic E-state index is -5.32. The molecule has 21 heteroatoms. The molecule has 2 amide bonds. The monoisotopic (exact) mass is 1100 g/mol. The van der Waals surface area contributed by atoms with E-state index in [0.717, 1.165) is 77.0 Å². The molecule has 10 unspecified atom stereocenters. The zero-order valence-corrected chi connectivity index (χ0v) is 46.9. The van der Waals surface area contributed by atoms with E-state index in [-0.39, 0.29) is 25.9 Å². The smallest absolute Gasteiger partial charge is 0.462 e. The third kappa shape index (κ3) is 30.9. The number of carbonyl (C=O) groups excluding carboxylic acids is 3. The molecule has 2 fully saturated rings. The second-order valence-electron chi connectivity index (χ2n) is 20.9. The summed E-state index contributed by atoms with van der Waals surface area (Å²) in [6.45, 7) is 4.21. The first-order valence-electron chi connectivity index (χ1n) is 29.1. The maximum Gasteiger partial charge on any atom is 0.470 e. The third-order valence-corrected chi connectivity index (χ3v) is 14.7. The summed E-state index contributed by atoms with van der Waals surface area (Å²) >= 11 is 0. The number of nitrogens with one attached hydrogen (secondary N) is 2. The number of hydrogen-bond acceptors (Lipinski definition) is 16. The van der Waals surface area contributed by atoms with Crippen molar-refractivity contribution in [3.63, 3.8) is 0 Å². The molecule has 0 spiro atoms. The number of aliphatic hydroxyl groups excluding tert-OH is 6. The van der Waals surface area contributed by atoms with Crippen molar-refractivity contribution in [3.8, 4) is 0 Å². The molecular formula is C54H103N2O18P. The Balaban J connectivity index is 2.17. The number of hydrogen-bond donors (Lipinski definition) is 10. The lowest BCUT2D eigenvalue weighted by Crippen LogP contribution is -2.67. The average molecular weight is 1100 g/mol. The number of unbranched alkanes of at least 4 members (excludes halogenated alkanes) is 24. The molecule has 0 aromatic heterocycles. The van der Waals surface area contributed by atoms with E-state index >= 15 is 0 Å². The Morgan fingerprint density at radius 2 is 1.00 bits per heavy atom. The number of amides is 2. The molecule has 0 aromatic carbocycles. The summed E-state index contributed by atoms with van der Waals surface area (Å²) in [4.78, 5) is 59.7. The van der Waals surface area contributed by atoms with Gasteiger partial charge in [-0.3, -0.25) is 18.9 Å². The Labute approximate surface area is 448 Å². The van der Waals surface area contributed by atoms with Crippen molar-refractivity contribution in [1.29, 1.82) is 0 Å². The van der Waals surface area contributed by atoms with Gasteiger partial charge in [-0.05, 0) is 25.7 Å². The first kappa shape index (κ1) is 69.2. The van der Waals surface area contributed by atoms with Crippen molar-refractivity contribution in [1.82, 2.24) is 10.6 Å². The minimum absolute atomic E-state index is 0.187. The number of rotatable bonds is 46. The summed E-state index contributed by atoms with van der Waals surface area (Å²) in [6.07, 6.45) is 14.0. The molecule has 10 N–H and O–H groups in total. The Kier molecular flexibility index (Phi) is 38.8. The van der Waals surface area contributed by atoms with Crippen LogP contribution in [-0.2, 0) is 47.2 Å². The van der Waals surface area contributed by atoms with E-state index in [1.807, 2.05) is 0 Å². The average Bonchev–Trinajstić information content (AvgIpc) is 3.36. The third-order valence-electron chi connectivity index (χ3n) is 14.2. The highest BCUT2D eigenvalue weighted by molar-refractivity contribution is 7.46. The Morgan fingerprint density at radius 3 is 1.49 bits per heavy atom. The normalized spacial score (nSPS) is 24.9. The molecule has 0 radical (unpaired) electrons. The van der Waals surface area contributed by atoms with Crippen LogP contribution in [0.2, 0.25) is 0 Å². The van der Waals surface area contributed by atoms with Gasteiger partial charge in [0, 0.05) is 6.42 Å². The highest BCUT2D eigenvalue weighted by atomic mass is 31.2. The molecule has 2 aliphatic heterocycles.